The molecule has 0 N–H and O–H groups in total. The predicted octanol–water partition coefficient (Wildman–Crippen LogP) is 2.46. The first kappa shape index (κ1) is 30.8. The zero-order valence-corrected chi connectivity index (χ0v) is 25.1. The number of rotatable bonds is 12. The topological polar surface area (TPSA) is 82.6 Å². The van der Waals surface area contributed by atoms with Gasteiger partial charge >= 0.3 is 0 Å². The molecule has 10 heteroatoms. The van der Waals surface area contributed by atoms with Crippen molar-refractivity contribution < 1.29 is 22.7 Å². The minimum atomic E-state index is -3.68. The molecule has 3 rings (SSSR count). The molecule has 9 nitrogen and oxygen atoms in total. The first-order chi connectivity index (χ1) is 18.0. The van der Waals surface area contributed by atoms with E-state index in [0.29, 0.717) is 22.8 Å². The minimum absolute atomic E-state index is 0.0380. The molecule has 0 spiro atoms. The van der Waals surface area contributed by atoms with Crippen molar-refractivity contribution in [2.24, 2.45) is 11.8 Å². The van der Waals surface area contributed by atoms with Gasteiger partial charge in [-0.25, -0.2) is 8.42 Å². The van der Waals surface area contributed by atoms with Crippen LogP contribution in [-0.2, 0) is 19.6 Å². The highest BCUT2D eigenvalue weighted by molar-refractivity contribution is 7.89. The zero-order valence-electron chi connectivity index (χ0n) is 24.2. The third kappa shape index (κ3) is 8.39. The monoisotopic (exact) mass is 552 g/mol. The normalized spacial score (nSPS) is 21.6. The maximum Gasteiger partial charge on any atom is 0.248 e. The second kappa shape index (κ2) is 14.1. The number of hydrogen-bond donors (Lipinski definition) is 0. The summed E-state index contributed by atoms with van der Waals surface area (Å²) in [5.74, 6) is 1.89. The van der Waals surface area contributed by atoms with E-state index in [1.165, 1.54) is 69.8 Å². The number of aryl methyl sites for hydroxylation is 2. The fourth-order valence-electron chi connectivity index (χ4n) is 5.66. The molecule has 38 heavy (non-hydrogen) atoms. The highest BCUT2D eigenvalue weighted by Gasteiger charge is 2.27. The molecule has 2 fully saturated rings. The summed E-state index contributed by atoms with van der Waals surface area (Å²) >= 11 is 0. The van der Waals surface area contributed by atoms with Gasteiger partial charge in [0.25, 0.3) is 0 Å². The molecule has 0 unspecified atom stereocenters. The SMILES string of the molecule is COc1cc(C)c(S(=O)(=O)N(C)CCOCC(=O)N(C)CC2CCC(CN3CCN(C)CC3)CC2)c(C)c1. The average Bonchev–Trinajstić information content (AvgIpc) is 2.88. The number of methoxy groups -OCH3 is 1. The Labute approximate surface area is 230 Å². The lowest BCUT2D eigenvalue weighted by Crippen LogP contribution is -2.46. The first-order valence-corrected chi connectivity index (χ1v) is 15.3. The average molecular weight is 553 g/mol. The molecular weight excluding hydrogens is 504 g/mol. The van der Waals surface area contributed by atoms with Crippen LogP contribution in [0.25, 0.3) is 0 Å². The van der Waals surface area contributed by atoms with E-state index >= 15 is 0 Å². The standard InChI is InChI=1S/C28H48N4O5S/c1-22-17-26(36-6)18-23(2)28(22)38(34,35)31(5)15-16-37-21-27(33)30(4)19-24-7-9-25(10-8-24)20-32-13-11-29(3)12-14-32/h17-18,24-25H,7-16,19-21H2,1-6H3. The molecule has 216 valence electrons. The molecule has 0 atom stereocenters. The van der Waals surface area contributed by atoms with Crippen LogP contribution in [0.1, 0.15) is 36.8 Å². The van der Waals surface area contributed by atoms with E-state index in [0.717, 1.165) is 12.5 Å². The van der Waals surface area contributed by atoms with E-state index in [9.17, 15) is 13.2 Å². The summed E-state index contributed by atoms with van der Waals surface area (Å²) in [4.78, 5) is 19.7. The molecule has 1 aliphatic carbocycles. The van der Waals surface area contributed by atoms with Crippen molar-refractivity contribution in [3.63, 3.8) is 0 Å². The lowest BCUT2D eigenvalue weighted by molar-refractivity contribution is -0.135. The Morgan fingerprint density at radius 2 is 1.58 bits per heavy atom. The molecule has 1 aromatic carbocycles. The lowest BCUT2D eigenvalue weighted by Gasteiger charge is -2.37. The second-order valence-electron chi connectivity index (χ2n) is 11.2. The molecule has 1 amide bonds. The number of sulfonamides is 1. The Kier molecular flexibility index (Phi) is 11.4. The number of carbonyl (C=O) groups excluding carboxylic acids is 1. The van der Waals surface area contributed by atoms with E-state index < -0.39 is 10.0 Å². The van der Waals surface area contributed by atoms with Crippen LogP contribution in [0.4, 0.5) is 0 Å². The fraction of sp³-hybridized carbons (Fsp3) is 0.750. The van der Waals surface area contributed by atoms with Crippen LogP contribution in [0.3, 0.4) is 0 Å². The highest BCUT2D eigenvalue weighted by atomic mass is 32.2. The second-order valence-corrected chi connectivity index (χ2v) is 13.2. The number of nitrogens with zero attached hydrogens (tertiary/aromatic N) is 4. The molecule has 0 aromatic heterocycles. The summed E-state index contributed by atoms with van der Waals surface area (Å²) < 4.78 is 38.4. The third-order valence-corrected chi connectivity index (χ3v) is 10.3. The number of ether oxygens (including phenoxy) is 2. The molecule has 1 aliphatic heterocycles. The Morgan fingerprint density at radius 1 is 1.00 bits per heavy atom. The summed E-state index contributed by atoms with van der Waals surface area (Å²) in [6.45, 7) is 10.5. The van der Waals surface area contributed by atoms with Gasteiger partial charge in [0, 0.05) is 59.9 Å². The van der Waals surface area contributed by atoms with Gasteiger partial charge in [-0.15, -0.1) is 0 Å². The molecule has 2 aliphatic rings. The van der Waals surface area contributed by atoms with Crippen LogP contribution in [0.2, 0.25) is 0 Å². The molecule has 1 aromatic rings. The highest BCUT2D eigenvalue weighted by Crippen LogP contribution is 2.30. The quantitative estimate of drug-likeness (QED) is 0.369. The number of piperazine rings is 1. The van der Waals surface area contributed by atoms with Crippen molar-refractivity contribution in [1.82, 2.24) is 19.0 Å². The van der Waals surface area contributed by atoms with Gasteiger partial charge in [-0.2, -0.15) is 4.31 Å². The maximum atomic E-state index is 13.1. The number of amides is 1. The molecule has 0 bridgehead atoms. The summed E-state index contributed by atoms with van der Waals surface area (Å²) in [7, 11) is 3.45. The smallest absolute Gasteiger partial charge is 0.248 e. The Balaban J connectivity index is 1.35. The molecular formula is C28H48N4O5S. The molecule has 1 saturated carbocycles. The van der Waals surface area contributed by atoms with Crippen LogP contribution in [0.15, 0.2) is 17.0 Å². The third-order valence-electron chi connectivity index (χ3n) is 8.15. The molecule has 0 radical (unpaired) electrons. The number of hydrogen-bond acceptors (Lipinski definition) is 7. The van der Waals surface area contributed by atoms with Gasteiger partial charge in [0.15, 0.2) is 0 Å². The van der Waals surface area contributed by atoms with Gasteiger partial charge in [-0.1, -0.05) is 0 Å². The van der Waals surface area contributed by atoms with Gasteiger partial charge in [0.2, 0.25) is 15.9 Å². The Bertz CT molecular complexity index is 995. The van der Waals surface area contributed by atoms with E-state index in [1.54, 1.807) is 38.0 Å². The van der Waals surface area contributed by atoms with Gasteiger partial charge in [0.05, 0.1) is 18.6 Å². The summed E-state index contributed by atoms with van der Waals surface area (Å²) in [6.07, 6.45) is 4.82. The number of benzene rings is 1. The van der Waals surface area contributed by atoms with Crippen molar-refractivity contribution in [2.45, 2.75) is 44.4 Å². The van der Waals surface area contributed by atoms with Crippen molar-refractivity contribution in [3.05, 3.63) is 23.3 Å². The van der Waals surface area contributed by atoms with Gasteiger partial charge in [-0.3, -0.25) is 4.79 Å². The first-order valence-electron chi connectivity index (χ1n) is 13.9. The van der Waals surface area contributed by atoms with Crippen molar-refractivity contribution in [2.75, 3.05) is 87.3 Å². The predicted molar refractivity (Wildman–Crippen MR) is 150 cm³/mol. The van der Waals surface area contributed by atoms with Crippen molar-refractivity contribution in [3.8, 4) is 5.75 Å². The van der Waals surface area contributed by atoms with Crippen molar-refractivity contribution >= 4 is 15.9 Å². The Morgan fingerprint density at radius 3 is 2.16 bits per heavy atom. The van der Waals surface area contributed by atoms with Crippen LogP contribution in [0, 0.1) is 25.7 Å². The molecule has 1 heterocycles. The van der Waals surface area contributed by atoms with E-state index in [4.69, 9.17) is 9.47 Å². The van der Waals surface area contributed by atoms with Crippen LogP contribution >= 0.6 is 0 Å². The van der Waals surface area contributed by atoms with Crippen LogP contribution < -0.4 is 4.74 Å². The largest absolute Gasteiger partial charge is 0.497 e. The summed E-state index contributed by atoms with van der Waals surface area (Å²) in [6, 6.07) is 3.44. The van der Waals surface area contributed by atoms with E-state index in [1.807, 2.05) is 7.05 Å². The molecule has 1 saturated heterocycles. The number of likely N-dealkylation sites (N-methyl/N-ethyl adjacent to an activating group) is 3. The van der Waals surface area contributed by atoms with E-state index in [2.05, 4.69) is 16.8 Å². The summed E-state index contributed by atoms with van der Waals surface area (Å²) in [5, 5.41) is 0. The maximum absolute atomic E-state index is 13.1. The minimum Gasteiger partial charge on any atom is -0.497 e. The van der Waals surface area contributed by atoms with Crippen LogP contribution in [0.5, 0.6) is 5.75 Å². The zero-order chi connectivity index (χ0) is 27.9. The Hall–Kier alpha value is -1.72. The van der Waals surface area contributed by atoms with Crippen molar-refractivity contribution in [1.29, 1.82) is 0 Å². The van der Waals surface area contributed by atoms with E-state index in [-0.39, 0.29) is 30.6 Å². The number of carbonyl (C=O) groups is 1. The van der Waals surface area contributed by atoms with Gasteiger partial charge in [0.1, 0.15) is 12.4 Å². The van der Waals surface area contributed by atoms with Crippen LogP contribution in [-0.4, -0.2) is 121 Å². The summed E-state index contributed by atoms with van der Waals surface area (Å²) in [5.41, 5.74) is 1.28. The fourth-order valence-corrected chi connectivity index (χ4v) is 7.21. The van der Waals surface area contributed by atoms with Gasteiger partial charge < -0.3 is 24.2 Å². The lowest BCUT2D eigenvalue weighted by atomic mass is 9.81. The van der Waals surface area contributed by atoms with Gasteiger partial charge in [-0.05, 0) is 81.7 Å².